The summed E-state index contributed by atoms with van der Waals surface area (Å²) in [6.45, 7) is 9.72. The molecule has 0 unspecified atom stereocenters. The predicted molar refractivity (Wildman–Crippen MR) is 128 cm³/mol. The molecule has 0 N–H and O–H groups in total. The van der Waals surface area contributed by atoms with Gasteiger partial charge in [-0.1, -0.05) is 69.7 Å². The third-order valence-electron chi connectivity index (χ3n) is 5.45. The maximum Gasteiger partial charge on any atom is 0.0508 e. The van der Waals surface area contributed by atoms with E-state index in [9.17, 15) is 0 Å². The standard InChI is InChI=1S/C25H27BrN2S/c1-19-7-12-24(20(2)17-19)29-25-6-4-3-5-23(25)28-15-13-27(14-16-28)18-21-8-10-22(26)11-9-21/h3-12,17H,13-16,18H2,1-2H3. The molecule has 1 fully saturated rings. The molecule has 0 radical (unpaired) electrons. The molecule has 4 heteroatoms. The highest BCUT2D eigenvalue weighted by Crippen LogP contribution is 2.37. The first kappa shape index (κ1) is 20.5. The number of anilines is 1. The van der Waals surface area contributed by atoms with E-state index >= 15 is 0 Å². The Labute approximate surface area is 187 Å². The number of nitrogens with zero attached hydrogens (tertiary/aromatic N) is 2. The fourth-order valence-corrected chi connectivity index (χ4v) is 5.14. The van der Waals surface area contributed by atoms with E-state index in [0.29, 0.717) is 0 Å². The second-order valence-corrected chi connectivity index (χ2v) is 9.73. The molecule has 2 nitrogen and oxygen atoms in total. The fourth-order valence-electron chi connectivity index (χ4n) is 3.83. The van der Waals surface area contributed by atoms with Gasteiger partial charge in [-0.2, -0.15) is 0 Å². The van der Waals surface area contributed by atoms with Crippen LogP contribution in [0.4, 0.5) is 5.69 Å². The predicted octanol–water partition coefficient (Wildman–Crippen LogP) is 6.54. The van der Waals surface area contributed by atoms with Crippen LogP contribution in [0.3, 0.4) is 0 Å². The minimum atomic E-state index is 1.03. The monoisotopic (exact) mass is 466 g/mol. The summed E-state index contributed by atoms with van der Waals surface area (Å²) in [5.41, 5.74) is 5.42. The Balaban J connectivity index is 1.42. The smallest absolute Gasteiger partial charge is 0.0508 e. The Kier molecular flexibility index (Phi) is 6.63. The SMILES string of the molecule is Cc1ccc(Sc2ccccc2N2CCN(Cc3ccc(Br)cc3)CC2)c(C)c1. The van der Waals surface area contributed by atoms with E-state index in [-0.39, 0.29) is 0 Å². The number of piperazine rings is 1. The molecular formula is C25H27BrN2S. The van der Waals surface area contributed by atoms with E-state index in [2.05, 4.69) is 106 Å². The van der Waals surface area contributed by atoms with Gasteiger partial charge < -0.3 is 4.90 Å². The van der Waals surface area contributed by atoms with Gasteiger partial charge in [0.2, 0.25) is 0 Å². The number of para-hydroxylation sites is 1. The van der Waals surface area contributed by atoms with Crippen molar-refractivity contribution >= 4 is 33.4 Å². The lowest BCUT2D eigenvalue weighted by atomic mass is 10.2. The van der Waals surface area contributed by atoms with Crippen LogP contribution in [0.1, 0.15) is 16.7 Å². The van der Waals surface area contributed by atoms with Crippen LogP contribution in [-0.2, 0) is 6.54 Å². The van der Waals surface area contributed by atoms with Crippen molar-refractivity contribution in [3.8, 4) is 0 Å². The minimum Gasteiger partial charge on any atom is -0.368 e. The molecule has 3 aromatic rings. The van der Waals surface area contributed by atoms with Gasteiger partial charge in [0.25, 0.3) is 0 Å². The minimum absolute atomic E-state index is 1.03. The Morgan fingerprint density at radius 2 is 1.55 bits per heavy atom. The van der Waals surface area contributed by atoms with Crippen LogP contribution in [0.25, 0.3) is 0 Å². The molecule has 0 aliphatic carbocycles. The third-order valence-corrected chi connectivity index (χ3v) is 7.22. The summed E-state index contributed by atoms with van der Waals surface area (Å²) in [4.78, 5) is 7.79. The zero-order valence-electron chi connectivity index (χ0n) is 17.1. The number of hydrogen-bond acceptors (Lipinski definition) is 3. The van der Waals surface area contributed by atoms with E-state index < -0.39 is 0 Å². The number of hydrogen-bond donors (Lipinski definition) is 0. The van der Waals surface area contributed by atoms with Crippen molar-refractivity contribution < 1.29 is 0 Å². The summed E-state index contributed by atoms with van der Waals surface area (Å²) in [5.74, 6) is 0. The van der Waals surface area contributed by atoms with Gasteiger partial charge in [-0.3, -0.25) is 4.90 Å². The first-order valence-electron chi connectivity index (χ1n) is 10.1. The van der Waals surface area contributed by atoms with Gasteiger partial charge in [0.1, 0.15) is 0 Å². The summed E-state index contributed by atoms with van der Waals surface area (Å²) in [7, 11) is 0. The van der Waals surface area contributed by atoms with Gasteiger partial charge >= 0.3 is 0 Å². The highest BCUT2D eigenvalue weighted by Gasteiger charge is 2.19. The van der Waals surface area contributed by atoms with Crippen LogP contribution in [-0.4, -0.2) is 31.1 Å². The van der Waals surface area contributed by atoms with E-state index in [1.165, 1.54) is 32.2 Å². The number of halogens is 1. The lowest BCUT2D eigenvalue weighted by molar-refractivity contribution is 0.249. The van der Waals surface area contributed by atoms with Crippen LogP contribution < -0.4 is 4.90 Å². The van der Waals surface area contributed by atoms with Gasteiger partial charge in [0.15, 0.2) is 0 Å². The van der Waals surface area contributed by atoms with Crippen molar-refractivity contribution in [2.24, 2.45) is 0 Å². The van der Waals surface area contributed by atoms with Gasteiger partial charge in [0.05, 0.1) is 5.69 Å². The van der Waals surface area contributed by atoms with Gasteiger partial charge in [-0.25, -0.2) is 0 Å². The lowest BCUT2D eigenvalue weighted by Gasteiger charge is -2.37. The maximum atomic E-state index is 3.52. The van der Waals surface area contributed by atoms with Crippen molar-refractivity contribution in [1.29, 1.82) is 0 Å². The van der Waals surface area contributed by atoms with Crippen molar-refractivity contribution in [1.82, 2.24) is 4.90 Å². The summed E-state index contributed by atoms with van der Waals surface area (Å²) in [6, 6.07) is 24.3. The molecule has 29 heavy (non-hydrogen) atoms. The molecule has 0 aromatic heterocycles. The zero-order chi connectivity index (χ0) is 20.2. The summed E-state index contributed by atoms with van der Waals surface area (Å²) in [5, 5.41) is 0. The summed E-state index contributed by atoms with van der Waals surface area (Å²) >= 11 is 5.41. The highest BCUT2D eigenvalue weighted by molar-refractivity contribution is 9.10. The van der Waals surface area contributed by atoms with E-state index in [1.54, 1.807) is 0 Å². The van der Waals surface area contributed by atoms with Crippen molar-refractivity contribution in [3.05, 3.63) is 87.9 Å². The second-order valence-electron chi connectivity index (χ2n) is 7.73. The van der Waals surface area contributed by atoms with Crippen LogP contribution >= 0.6 is 27.7 Å². The number of rotatable bonds is 5. The van der Waals surface area contributed by atoms with Crippen LogP contribution in [0, 0.1) is 13.8 Å². The first-order valence-corrected chi connectivity index (χ1v) is 11.8. The van der Waals surface area contributed by atoms with E-state index in [0.717, 1.165) is 37.2 Å². The first-order chi connectivity index (χ1) is 14.1. The Hall–Kier alpha value is -1.75. The normalized spacial score (nSPS) is 14.9. The van der Waals surface area contributed by atoms with Crippen molar-refractivity contribution in [2.75, 3.05) is 31.1 Å². The number of aryl methyl sites for hydroxylation is 2. The molecule has 4 rings (SSSR count). The molecule has 3 aromatic carbocycles. The number of benzene rings is 3. The van der Waals surface area contributed by atoms with Gasteiger partial charge in [-0.05, 0) is 55.3 Å². The second kappa shape index (κ2) is 9.38. The molecule has 0 spiro atoms. The molecular weight excluding hydrogens is 440 g/mol. The molecule has 1 aliphatic rings. The Morgan fingerprint density at radius 1 is 0.828 bits per heavy atom. The Bertz CT molecular complexity index is 963. The molecule has 0 amide bonds. The van der Waals surface area contributed by atoms with E-state index in [4.69, 9.17) is 0 Å². The lowest BCUT2D eigenvalue weighted by Crippen LogP contribution is -2.46. The zero-order valence-corrected chi connectivity index (χ0v) is 19.5. The van der Waals surface area contributed by atoms with E-state index in [1.807, 2.05) is 11.8 Å². The fraction of sp³-hybridized carbons (Fsp3) is 0.280. The molecule has 1 saturated heterocycles. The molecule has 0 bridgehead atoms. The molecule has 1 heterocycles. The van der Waals surface area contributed by atoms with Crippen molar-refractivity contribution in [3.63, 3.8) is 0 Å². The quantitative estimate of drug-likeness (QED) is 0.421. The third kappa shape index (κ3) is 5.25. The Morgan fingerprint density at radius 3 is 2.28 bits per heavy atom. The maximum absolute atomic E-state index is 3.52. The topological polar surface area (TPSA) is 6.48 Å². The molecule has 150 valence electrons. The summed E-state index contributed by atoms with van der Waals surface area (Å²) < 4.78 is 1.14. The molecule has 1 aliphatic heterocycles. The average molecular weight is 467 g/mol. The van der Waals surface area contributed by atoms with Crippen molar-refractivity contribution in [2.45, 2.75) is 30.2 Å². The highest BCUT2D eigenvalue weighted by atomic mass is 79.9. The van der Waals surface area contributed by atoms with Gasteiger partial charge in [0, 0.05) is 47.0 Å². The molecule has 0 saturated carbocycles. The largest absolute Gasteiger partial charge is 0.368 e. The molecule has 0 atom stereocenters. The van der Waals surface area contributed by atoms with Crippen LogP contribution in [0.5, 0.6) is 0 Å². The van der Waals surface area contributed by atoms with Crippen LogP contribution in [0.15, 0.2) is 81.0 Å². The van der Waals surface area contributed by atoms with Gasteiger partial charge in [-0.15, -0.1) is 0 Å². The average Bonchev–Trinajstić information content (AvgIpc) is 2.73. The summed E-state index contributed by atoms with van der Waals surface area (Å²) in [6.07, 6.45) is 0. The van der Waals surface area contributed by atoms with Crippen LogP contribution in [0.2, 0.25) is 0 Å².